The Morgan fingerprint density at radius 1 is 1.37 bits per heavy atom. The van der Waals surface area contributed by atoms with E-state index in [4.69, 9.17) is 0 Å². The van der Waals surface area contributed by atoms with Crippen molar-refractivity contribution in [3.63, 3.8) is 0 Å². The Morgan fingerprint density at radius 2 is 2.11 bits per heavy atom. The zero-order valence-electron chi connectivity index (χ0n) is 11.5. The third-order valence-electron chi connectivity index (χ3n) is 3.47. The number of anilines is 1. The highest BCUT2D eigenvalue weighted by atomic mass is 16.2. The maximum atomic E-state index is 12.3. The third kappa shape index (κ3) is 2.78. The molecule has 0 aliphatic carbocycles. The Labute approximate surface area is 113 Å². The van der Waals surface area contributed by atoms with Crippen LogP contribution in [0.5, 0.6) is 0 Å². The quantitative estimate of drug-likeness (QED) is 0.902. The molecule has 0 aromatic heterocycles. The molecule has 1 N–H and O–H groups in total. The van der Waals surface area contributed by atoms with Gasteiger partial charge in [-0.15, -0.1) is 0 Å². The van der Waals surface area contributed by atoms with Crippen molar-refractivity contribution >= 4 is 17.5 Å². The van der Waals surface area contributed by atoms with Gasteiger partial charge in [-0.3, -0.25) is 14.5 Å². The first-order valence-corrected chi connectivity index (χ1v) is 6.82. The van der Waals surface area contributed by atoms with Gasteiger partial charge in [0, 0.05) is 18.7 Å². The fraction of sp³-hybridized carbons (Fsp3) is 0.467. The molecule has 4 nitrogen and oxygen atoms in total. The number of nitrogens with zero attached hydrogens (tertiary/aromatic N) is 1. The predicted octanol–water partition coefficient (Wildman–Crippen LogP) is 1.88. The van der Waals surface area contributed by atoms with E-state index in [0.717, 1.165) is 24.1 Å². The van der Waals surface area contributed by atoms with E-state index in [2.05, 4.69) is 5.32 Å². The highest BCUT2D eigenvalue weighted by Gasteiger charge is 2.29. The molecule has 19 heavy (non-hydrogen) atoms. The van der Waals surface area contributed by atoms with Gasteiger partial charge in [0.2, 0.25) is 11.8 Å². The van der Waals surface area contributed by atoms with Gasteiger partial charge in [0.1, 0.15) is 6.04 Å². The Balaban J connectivity index is 2.36. The van der Waals surface area contributed by atoms with Gasteiger partial charge in [0.05, 0.1) is 0 Å². The average molecular weight is 260 g/mol. The molecule has 1 aromatic rings. The molecule has 1 aliphatic rings. The molecule has 0 spiro atoms. The summed E-state index contributed by atoms with van der Waals surface area (Å²) >= 11 is 0. The normalized spacial score (nSPS) is 16.5. The summed E-state index contributed by atoms with van der Waals surface area (Å²) in [5, 5.41) is 2.78. The molecule has 1 aromatic carbocycles. The van der Waals surface area contributed by atoms with Crippen molar-refractivity contribution in [2.45, 2.75) is 39.2 Å². The molecule has 0 radical (unpaired) electrons. The summed E-state index contributed by atoms with van der Waals surface area (Å²) in [6.07, 6.45) is 2.23. The molecule has 2 amide bonds. The first-order chi connectivity index (χ1) is 9.15. The summed E-state index contributed by atoms with van der Waals surface area (Å²) in [5.41, 5.74) is 2.02. The van der Waals surface area contributed by atoms with E-state index in [0.29, 0.717) is 13.0 Å². The second kappa shape index (κ2) is 5.87. The van der Waals surface area contributed by atoms with E-state index in [9.17, 15) is 9.59 Å². The summed E-state index contributed by atoms with van der Waals surface area (Å²) in [7, 11) is 0. The van der Waals surface area contributed by atoms with Gasteiger partial charge in [-0.2, -0.15) is 0 Å². The van der Waals surface area contributed by atoms with E-state index in [1.807, 2.05) is 31.2 Å². The summed E-state index contributed by atoms with van der Waals surface area (Å²) in [5.74, 6) is -0.0729. The van der Waals surface area contributed by atoms with Crippen LogP contribution in [-0.4, -0.2) is 24.4 Å². The Kier molecular flexibility index (Phi) is 4.20. The summed E-state index contributed by atoms with van der Waals surface area (Å²) < 4.78 is 0. The number of carbonyl (C=O) groups is 2. The minimum absolute atomic E-state index is 0.0312. The van der Waals surface area contributed by atoms with Gasteiger partial charge in [-0.05, 0) is 38.3 Å². The maximum Gasteiger partial charge on any atom is 0.242 e. The topological polar surface area (TPSA) is 49.4 Å². The lowest BCUT2D eigenvalue weighted by Crippen LogP contribution is -2.48. The van der Waals surface area contributed by atoms with Gasteiger partial charge in [-0.1, -0.05) is 18.2 Å². The molecule has 1 aliphatic heterocycles. The van der Waals surface area contributed by atoms with Crippen LogP contribution in [0, 0.1) is 0 Å². The van der Waals surface area contributed by atoms with Crippen LogP contribution in [0.4, 0.5) is 5.69 Å². The zero-order valence-corrected chi connectivity index (χ0v) is 11.5. The molecule has 0 fully saturated rings. The lowest BCUT2D eigenvalue weighted by molar-refractivity contribution is -0.126. The lowest BCUT2D eigenvalue weighted by Gasteiger charge is -2.28. The van der Waals surface area contributed by atoms with Gasteiger partial charge in [0.25, 0.3) is 0 Å². The number of likely N-dealkylation sites (N-methyl/N-ethyl adjacent to an activating group) is 1. The number of hydrogen-bond acceptors (Lipinski definition) is 2. The van der Waals surface area contributed by atoms with Crippen LogP contribution in [0.15, 0.2) is 24.3 Å². The number of rotatable bonds is 3. The number of amides is 2. The van der Waals surface area contributed by atoms with Crippen molar-refractivity contribution in [1.82, 2.24) is 5.32 Å². The van der Waals surface area contributed by atoms with Crippen molar-refractivity contribution in [2.75, 3.05) is 11.4 Å². The Bertz CT molecular complexity index is 485. The van der Waals surface area contributed by atoms with Crippen LogP contribution in [0.3, 0.4) is 0 Å². The second-order valence-corrected chi connectivity index (χ2v) is 4.82. The fourth-order valence-electron chi connectivity index (χ4n) is 2.51. The van der Waals surface area contributed by atoms with Gasteiger partial charge in [-0.25, -0.2) is 0 Å². The van der Waals surface area contributed by atoms with Gasteiger partial charge in [0.15, 0.2) is 0 Å². The number of fused-ring (bicyclic) bond motifs is 1. The van der Waals surface area contributed by atoms with Crippen molar-refractivity contribution in [3.05, 3.63) is 29.8 Å². The van der Waals surface area contributed by atoms with Crippen LogP contribution in [0.2, 0.25) is 0 Å². The first-order valence-electron chi connectivity index (χ1n) is 6.82. The number of nitrogens with one attached hydrogen (secondary N) is 1. The monoisotopic (exact) mass is 260 g/mol. The smallest absolute Gasteiger partial charge is 0.242 e. The van der Waals surface area contributed by atoms with Crippen molar-refractivity contribution in [2.24, 2.45) is 0 Å². The molecular weight excluding hydrogens is 240 g/mol. The van der Waals surface area contributed by atoms with Crippen molar-refractivity contribution in [3.8, 4) is 0 Å². The second-order valence-electron chi connectivity index (χ2n) is 4.82. The number of benzene rings is 1. The lowest BCUT2D eigenvalue weighted by atomic mass is 10.1. The largest absolute Gasteiger partial charge is 0.355 e. The van der Waals surface area contributed by atoms with E-state index < -0.39 is 6.04 Å². The summed E-state index contributed by atoms with van der Waals surface area (Å²) in [6, 6.07) is 7.38. The Hall–Kier alpha value is -1.84. The van der Waals surface area contributed by atoms with Crippen molar-refractivity contribution < 1.29 is 9.59 Å². The molecule has 0 bridgehead atoms. The van der Waals surface area contributed by atoms with E-state index in [1.54, 1.807) is 11.8 Å². The van der Waals surface area contributed by atoms with Crippen LogP contribution >= 0.6 is 0 Å². The van der Waals surface area contributed by atoms with Crippen LogP contribution in [0.25, 0.3) is 0 Å². The minimum Gasteiger partial charge on any atom is -0.355 e. The van der Waals surface area contributed by atoms with Crippen molar-refractivity contribution in [1.29, 1.82) is 0 Å². The molecule has 2 rings (SSSR count). The van der Waals surface area contributed by atoms with Crippen LogP contribution in [0.1, 0.15) is 32.3 Å². The number of carbonyl (C=O) groups excluding carboxylic acids is 2. The van der Waals surface area contributed by atoms with Gasteiger partial charge < -0.3 is 5.32 Å². The number of para-hydroxylation sites is 1. The third-order valence-corrected chi connectivity index (χ3v) is 3.47. The summed E-state index contributed by atoms with van der Waals surface area (Å²) in [6.45, 7) is 4.24. The zero-order chi connectivity index (χ0) is 13.8. The maximum absolute atomic E-state index is 12.3. The van der Waals surface area contributed by atoms with E-state index in [-0.39, 0.29) is 11.8 Å². The number of aryl methyl sites for hydroxylation is 1. The molecule has 1 atom stereocenters. The highest BCUT2D eigenvalue weighted by molar-refractivity contribution is 6.01. The minimum atomic E-state index is -0.466. The Morgan fingerprint density at radius 3 is 2.84 bits per heavy atom. The van der Waals surface area contributed by atoms with E-state index in [1.165, 1.54) is 0 Å². The SMILES string of the molecule is CCNC(=O)[C@H](C)N1C(=O)CCCc2ccccc21. The first kappa shape index (κ1) is 13.6. The standard InChI is InChI=1S/C15H20N2O2/c1-3-16-15(19)11(2)17-13-9-5-4-7-12(13)8-6-10-14(17)18/h4-5,7,9,11H,3,6,8,10H2,1-2H3,(H,16,19)/t11-/m0/s1. The highest BCUT2D eigenvalue weighted by Crippen LogP contribution is 2.28. The van der Waals surface area contributed by atoms with E-state index >= 15 is 0 Å². The predicted molar refractivity (Wildman–Crippen MR) is 75.0 cm³/mol. The molecule has 102 valence electrons. The molecule has 0 unspecified atom stereocenters. The summed E-state index contributed by atoms with van der Waals surface area (Å²) in [4.78, 5) is 25.9. The average Bonchev–Trinajstić information content (AvgIpc) is 2.56. The van der Waals surface area contributed by atoms with Crippen LogP contribution < -0.4 is 10.2 Å². The molecule has 1 heterocycles. The molecule has 0 saturated heterocycles. The fourth-order valence-corrected chi connectivity index (χ4v) is 2.51. The molecule has 4 heteroatoms. The number of hydrogen-bond donors (Lipinski definition) is 1. The van der Waals surface area contributed by atoms with Gasteiger partial charge >= 0.3 is 0 Å². The molecule has 0 saturated carbocycles. The van der Waals surface area contributed by atoms with Crippen LogP contribution in [-0.2, 0) is 16.0 Å². The molecular formula is C15H20N2O2.